The van der Waals surface area contributed by atoms with Gasteiger partial charge in [0.25, 0.3) is 5.56 Å². The minimum absolute atomic E-state index is 0.230. The predicted molar refractivity (Wildman–Crippen MR) is 89.9 cm³/mol. The first-order chi connectivity index (χ1) is 11.2. The second-order valence-corrected chi connectivity index (χ2v) is 6.74. The molecule has 2 aromatic rings. The molecule has 1 unspecified atom stereocenters. The lowest BCUT2D eigenvalue weighted by molar-refractivity contribution is 0.294. The summed E-state index contributed by atoms with van der Waals surface area (Å²) < 4.78 is 19.1. The number of aromatic nitrogens is 2. The summed E-state index contributed by atoms with van der Waals surface area (Å²) in [6, 6.07) is 9.40. The molecule has 1 N–H and O–H groups in total. The number of ether oxygens (including phenoxy) is 1. The van der Waals surface area contributed by atoms with Gasteiger partial charge in [-0.1, -0.05) is 31.5 Å². The lowest BCUT2D eigenvalue weighted by Gasteiger charge is -2.13. The van der Waals surface area contributed by atoms with Crippen LogP contribution in [0.1, 0.15) is 19.8 Å². The van der Waals surface area contributed by atoms with E-state index in [-0.39, 0.29) is 11.4 Å². The summed E-state index contributed by atoms with van der Waals surface area (Å²) in [5.74, 6) is 0.652. The highest BCUT2D eigenvalue weighted by molar-refractivity contribution is 7.91. The summed E-state index contributed by atoms with van der Waals surface area (Å²) in [4.78, 5) is 17.1. The van der Waals surface area contributed by atoms with E-state index in [0.29, 0.717) is 29.7 Å². The largest absolute Gasteiger partial charge is 0.609 e. The smallest absolute Gasteiger partial charge is 0.329 e. The average molecular weight is 333 g/mol. The molecule has 0 fully saturated rings. The van der Waals surface area contributed by atoms with Crippen LogP contribution in [0.15, 0.2) is 40.3 Å². The van der Waals surface area contributed by atoms with E-state index in [1.54, 1.807) is 0 Å². The molecule has 0 saturated carbocycles. The maximum atomic E-state index is 12.7. The lowest BCUT2D eigenvalue weighted by Crippen LogP contribution is -2.25. The molecule has 3 rings (SSSR count). The number of fused-ring (bicyclic) bond motifs is 1. The molecule has 2 heterocycles. The molecule has 23 heavy (non-hydrogen) atoms. The zero-order chi connectivity index (χ0) is 16.2. The van der Waals surface area contributed by atoms with Gasteiger partial charge in [0, 0.05) is 16.9 Å². The van der Waals surface area contributed by atoms with Gasteiger partial charge in [-0.05, 0) is 18.6 Å². The van der Waals surface area contributed by atoms with Crippen LogP contribution in [-0.4, -0.2) is 26.5 Å². The molecule has 1 aromatic carbocycles. The Morgan fingerprint density at radius 1 is 1.39 bits per heavy atom. The molecule has 0 spiro atoms. The van der Waals surface area contributed by atoms with Crippen molar-refractivity contribution in [2.75, 3.05) is 17.7 Å². The SMILES string of the molecule is CCCCOc1nc2n(c(=O)c1Nc1ccccc1)CC[S+]2[O-]. The number of nitrogens with zero attached hydrogens (tertiary/aromatic N) is 2. The first-order valence-electron chi connectivity index (χ1n) is 7.68. The van der Waals surface area contributed by atoms with Crippen LogP contribution in [0.3, 0.4) is 0 Å². The number of hydrogen-bond acceptors (Lipinski definition) is 5. The van der Waals surface area contributed by atoms with Gasteiger partial charge in [0.1, 0.15) is 5.75 Å². The highest BCUT2D eigenvalue weighted by Crippen LogP contribution is 2.26. The molecule has 0 amide bonds. The Balaban J connectivity index is 1.99. The van der Waals surface area contributed by atoms with Crippen LogP contribution < -0.4 is 15.6 Å². The summed E-state index contributed by atoms with van der Waals surface area (Å²) in [7, 11) is 0. The van der Waals surface area contributed by atoms with Crippen molar-refractivity contribution in [2.45, 2.75) is 31.5 Å². The highest BCUT2D eigenvalue weighted by atomic mass is 32.2. The van der Waals surface area contributed by atoms with E-state index in [9.17, 15) is 9.35 Å². The minimum Gasteiger partial charge on any atom is -0.609 e. The fraction of sp³-hybridized carbons (Fsp3) is 0.375. The van der Waals surface area contributed by atoms with Crippen molar-refractivity contribution in [3.8, 4) is 5.88 Å². The Morgan fingerprint density at radius 2 is 2.17 bits per heavy atom. The minimum atomic E-state index is -1.24. The molecule has 1 aliphatic rings. The van der Waals surface area contributed by atoms with Crippen LogP contribution in [0.2, 0.25) is 0 Å². The molecule has 1 atom stereocenters. The summed E-state index contributed by atoms with van der Waals surface area (Å²) in [6.45, 7) is 2.96. The van der Waals surface area contributed by atoms with Crippen LogP contribution in [0.25, 0.3) is 0 Å². The van der Waals surface area contributed by atoms with Gasteiger partial charge in [0.15, 0.2) is 5.69 Å². The van der Waals surface area contributed by atoms with Crippen molar-refractivity contribution < 1.29 is 9.29 Å². The fourth-order valence-corrected chi connectivity index (χ4v) is 3.48. The number of anilines is 2. The Bertz CT molecular complexity index is 733. The first-order valence-corrected chi connectivity index (χ1v) is 9.00. The topological polar surface area (TPSA) is 79.2 Å². The summed E-state index contributed by atoms with van der Waals surface area (Å²) in [6.07, 6.45) is 1.85. The van der Waals surface area contributed by atoms with E-state index in [1.165, 1.54) is 4.57 Å². The zero-order valence-electron chi connectivity index (χ0n) is 12.9. The summed E-state index contributed by atoms with van der Waals surface area (Å²) in [5, 5.41) is 3.40. The van der Waals surface area contributed by atoms with Crippen molar-refractivity contribution in [1.29, 1.82) is 0 Å². The van der Waals surface area contributed by atoms with Gasteiger partial charge in [-0.25, -0.2) is 4.57 Å². The number of para-hydroxylation sites is 1. The van der Waals surface area contributed by atoms with Crippen molar-refractivity contribution in [2.24, 2.45) is 0 Å². The third kappa shape index (κ3) is 3.35. The highest BCUT2D eigenvalue weighted by Gasteiger charge is 2.31. The fourth-order valence-electron chi connectivity index (χ4n) is 2.34. The van der Waals surface area contributed by atoms with Crippen molar-refractivity contribution in [3.63, 3.8) is 0 Å². The van der Waals surface area contributed by atoms with Gasteiger partial charge >= 0.3 is 5.16 Å². The van der Waals surface area contributed by atoms with Crippen LogP contribution in [0, 0.1) is 0 Å². The number of unbranched alkanes of at least 4 members (excludes halogenated alkanes) is 1. The molecule has 0 aliphatic carbocycles. The molecular formula is C16H19N3O3S. The van der Waals surface area contributed by atoms with Gasteiger partial charge in [0.05, 0.1) is 13.2 Å². The molecule has 0 bridgehead atoms. The van der Waals surface area contributed by atoms with Crippen LogP contribution >= 0.6 is 0 Å². The second-order valence-electron chi connectivity index (χ2n) is 5.27. The van der Waals surface area contributed by atoms with Crippen molar-refractivity contribution >= 4 is 22.6 Å². The summed E-state index contributed by atoms with van der Waals surface area (Å²) >= 11 is -1.24. The Labute approximate surface area is 137 Å². The molecule has 1 aliphatic heterocycles. The molecule has 6 nitrogen and oxygen atoms in total. The summed E-state index contributed by atoms with van der Waals surface area (Å²) in [5.41, 5.74) is 0.845. The third-order valence-corrected chi connectivity index (χ3v) is 4.86. The monoisotopic (exact) mass is 333 g/mol. The normalized spacial score (nSPS) is 16.2. The lowest BCUT2D eigenvalue weighted by atomic mass is 10.3. The Kier molecular flexibility index (Phi) is 4.88. The van der Waals surface area contributed by atoms with Crippen molar-refractivity contribution in [3.05, 3.63) is 40.7 Å². The van der Waals surface area contributed by atoms with E-state index in [0.717, 1.165) is 18.5 Å². The van der Waals surface area contributed by atoms with Crippen LogP contribution in [-0.2, 0) is 17.7 Å². The standard InChI is InChI=1S/C16H19N3O3S/c1-2-3-10-22-14-13(17-12-7-5-4-6-8-12)15(20)19-9-11-23(21)16(19)18-14/h4-8,17H,2-3,9-11H2,1H3. The zero-order valence-corrected chi connectivity index (χ0v) is 13.8. The average Bonchev–Trinajstić information content (AvgIpc) is 2.93. The predicted octanol–water partition coefficient (Wildman–Crippen LogP) is 2.29. The molecule has 7 heteroatoms. The maximum Gasteiger partial charge on any atom is 0.329 e. The number of rotatable bonds is 6. The van der Waals surface area contributed by atoms with E-state index in [4.69, 9.17) is 4.74 Å². The molecular weight excluding hydrogens is 314 g/mol. The van der Waals surface area contributed by atoms with Crippen molar-refractivity contribution in [1.82, 2.24) is 9.55 Å². The van der Waals surface area contributed by atoms with Gasteiger partial charge in [0.2, 0.25) is 5.88 Å². The number of nitrogens with one attached hydrogen (secondary N) is 1. The first kappa shape index (κ1) is 15.9. The van der Waals surface area contributed by atoms with Gasteiger partial charge in [-0.2, -0.15) is 0 Å². The third-order valence-electron chi connectivity index (χ3n) is 3.58. The molecule has 1 aromatic heterocycles. The van der Waals surface area contributed by atoms with E-state index in [1.807, 2.05) is 30.3 Å². The molecule has 122 valence electrons. The van der Waals surface area contributed by atoms with Gasteiger partial charge < -0.3 is 14.6 Å². The second kappa shape index (κ2) is 7.06. The van der Waals surface area contributed by atoms with Gasteiger partial charge in [-0.3, -0.25) is 4.79 Å². The van der Waals surface area contributed by atoms with Crippen LogP contribution in [0.5, 0.6) is 5.88 Å². The molecule has 0 saturated heterocycles. The maximum absolute atomic E-state index is 12.7. The number of benzene rings is 1. The quantitative estimate of drug-likeness (QED) is 0.498. The van der Waals surface area contributed by atoms with E-state index < -0.39 is 11.2 Å². The van der Waals surface area contributed by atoms with Crippen LogP contribution in [0.4, 0.5) is 11.4 Å². The molecule has 0 radical (unpaired) electrons. The van der Waals surface area contributed by atoms with E-state index in [2.05, 4.69) is 17.2 Å². The van der Waals surface area contributed by atoms with E-state index >= 15 is 0 Å². The number of hydrogen-bond donors (Lipinski definition) is 1. The van der Waals surface area contributed by atoms with Gasteiger partial charge in [-0.15, -0.1) is 4.98 Å². The Morgan fingerprint density at radius 3 is 2.91 bits per heavy atom. The Hall–Kier alpha value is -1.99.